The first-order chi connectivity index (χ1) is 10.0. The summed E-state index contributed by atoms with van der Waals surface area (Å²) in [6.45, 7) is 6.55. The predicted octanol–water partition coefficient (Wildman–Crippen LogP) is 2.20. The summed E-state index contributed by atoms with van der Waals surface area (Å²) in [5.41, 5.74) is 0.545. The van der Waals surface area contributed by atoms with Crippen molar-refractivity contribution in [3.8, 4) is 5.75 Å². The number of nitrogens with one attached hydrogen (secondary N) is 2. The summed E-state index contributed by atoms with van der Waals surface area (Å²) in [6.07, 6.45) is 0.0153. The van der Waals surface area contributed by atoms with Gasteiger partial charge in [-0.25, -0.2) is 0 Å². The Bertz CT molecular complexity index is 453. The van der Waals surface area contributed by atoms with Crippen LogP contribution in [0.4, 0.5) is 0 Å². The van der Waals surface area contributed by atoms with Crippen LogP contribution in [0.1, 0.15) is 24.2 Å². The van der Waals surface area contributed by atoms with Crippen LogP contribution < -0.4 is 15.4 Å². The molecule has 5 nitrogen and oxygen atoms in total. The van der Waals surface area contributed by atoms with Crippen LogP contribution in [0.15, 0.2) is 22.7 Å². The van der Waals surface area contributed by atoms with Gasteiger partial charge in [0.2, 0.25) is 0 Å². The smallest absolute Gasteiger partial charge is 0.255 e. The van der Waals surface area contributed by atoms with Crippen molar-refractivity contribution >= 4 is 21.8 Å². The maximum atomic E-state index is 12.2. The fourth-order valence-electron chi connectivity index (χ4n) is 1.69. The molecule has 0 saturated carbocycles. The van der Waals surface area contributed by atoms with Gasteiger partial charge in [-0.05, 0) is 32.0 Å². The zero-order chi connectivity index (χ0) is 15.7. The number of carbonyl (C=O) groups excluding carboxylic acids is 1. The average molecular weight is 359 g/mol. The number of hydrogen-bond acceptors (Lipinski definition) is 4. The third-order valence-corrected chi connectivity index (χ3v) is 3.11. The zero-order valence-electron chi connectivity index (χ0n) is 12.7. The number of ether oxygens (including phenoxy) is 2. The third-order valence-electron chi connectivity index (χ3n) is 2.62. The molecule has 0 radical (unpaired) electrons. The minimum absolute atomic E-state index is 0.0153. The van der Waals surface area contributed by atoms with Crippen molar-refractivity contribution in [2.75, 3.05) is 33.4 Å². The van der Waals surface area contributed by atoms with Gasteiger partial charge in [-0.1, -0.05) is 15.9 Å². The molecule has 0 aromatic heterocycles. The standard InChI is InChI=1S/C15H23BrN2O3/c1-11(2)21-14-10-12(16)4-5-13(14)15(19)18-7-6-17-8-9-20-3/h4-5,10-11,17H,6-9H2,1-3H3,(H,18,19). The molecule has 1 aromatic carbocycles. The molecule has 1 aromatic rings. The minimum Gasteiger partial charge on any atom is -0.490 e. The second-order valence-electron chi connectivity index (χ2n) is 4.81. The van der Waals surface area contributed by atoms with Gasteiger partial charge in [0, 0.05) is 31.2 Å². The highest BCUT2D eigenvalue weighted by atomic mass is 79.9. The van der Waals surface area contributed by atoms with Crippen LogP contribution in [0, 0.1) is 0 Å². The van der Waals surface area contributed by atoms with Gasteiger partial charge in [-0.15, -0.1) is 0 Å². The molecule has 1 amide bonds. The minimum atomic E-state index is -0.133. The van der Waals surface area contributed by atoms with Crippen molar-refractivity contribution < 1.29 is 14.3 Å². The Kier molecular flexibility index (Phi) is 8.34. The first-order valence-corrected chi connectivity index (χ1v) is 7.78. The predicted molar refractivity (Wildman–Crippen MR) is 87.0 cm³/mol. The summed E-state index contributed by atoms with van der Waals surface area (Å²) < 4.78 is 11.5. The Morgan fingerprint density at radius 3 is 2.71 bits per heavy atom. The van der Waals surface area contributed by atoms with Gasteiger partial charge >= 0.3 is 0 Å². The molecule has 2 N–H and O–H groups in total. The van der Waals surface area contributed by atoms with E-state index >= 15 is 0 Å². The molecule has 0 aliphatic carbocycles. The van der Waals surface area contributed by atoms with Gasteiger partial charge in [0.25, 0.3) is 5.91 Å². The lowest BCUT2D eigenvalue weighted by atomic mass is 10.2. The highest BCUT2D eigenvalue weighted by molar-refractivity contribution is 9.10. The topological polar surface area (TPSA) is 59.6 Å². The number of carbonyl (C=O) groups is 1. The van der Waals surface area contributed by atoms with E-state index in [9.17, 15) is 4.79 Å². The van der Waals surface area contributed by atoms with Gasteiger partial charge in [0.05, 0.1) is 18.3 Å². The lowest BCUT2D eigenvalue weighted by Crippen LogP contribution is -2.33. The van der Waals surface area contributed by atoms with Gasteiger partial charge in [-0.3, -0.25) is 4.79 Å². The Balaban J connectivity index is 2.53. The summed E-state index contributed by atoms with van der Waals surface area (Å²) >= 11 is 3.39. The molecule has 0 atom stereocenters. The Hall–Kier alpha value is -1.11. The second-order valence-corrected chi connectivity index (χ2v) is 5.72. The number of benzene rings is 1. The highest BCUT2D eigenvalue weighted by Crippen LogP contribution is 2.24. The van der Waals surface area contributed by atoms with Gasteiger partial charge in [-0.2, -0.15) is 0 Å². The molecule has 21 heavy (non-hydrogen) atoms. The zero-order valence-corrected chi connectivity index (χ0v) is 14.3. The van der Waals surface area contributed by atoms with Crippen LogP contribution in [0.2, 0.25) is 0 Å². The molecule has 0 unspecified atom stereocenters. The van der Waals surface area contributed by atoms with E-state index in [-0.39, 0.29) is 12.0 Å². The first-order valence-electron chi connectivity index (χ1n) is 6.98. The molecule has 118 valence electrons. The van der Waals surface area contributed by atoms with E-state index in [0.717, 1.165) is 11.0 Å². The molecule has 0 saturated heterocycles. The molecule has 0 aliphatic rings. The molecular formula is C15H23BrN2O3. The Morgan fingerprint density at radius 2 is 2.05 bits per heavy atom. The van der Waals surface area contributed by atoms with Gasteiger partial charge in [0.1, 0.15) is 5.75 Å². The molecule has 1 rings (SSSR count). The Morgan fingerprint density at radius 1 is 1.29 bits per heavy atom. The fourth-order valence-corrected chi connectivity index (χ4v) is 2.03. The number of hydrogen-bond donors (Lipinski definition) is 2. The first kappa shape index (κ1) is 17.9. The van der Waals surface area contributed by atoms with Crippen molar-refractivity contribution in [2.24, 2.45) is 0 Å². The summed E-state index contributed by atoms with van der Waals surface area (Å²) in [4.78, 5) is 12.2. The maximum Gasteiger partial charge on any atom is 0.255 e. The highest BCUT2D eigenvalue weighted by Gasteiger charge is 2.13. The van der Waals surface area contributed by atoms with Crippen molar-refractivity contribution in [1.82, 2.24) is 10.6 Å². The average Bonchev–Trinajstić information content (AvgIpc) is 2.42. The largest absolute Gasteiger partial charge is 0.490 e. The van der Waals surface area contributed by atoms with Crippen molar-refractivity contribution in [2.45, 2.75) is 20.0 Å². The lowest BCUT2D eigenvalue weighted by molar-refractivity contribution is 0.0948. The van der Waals surface area contributed by atoms with Crippen LogP contribution >= 0.6 is 15.9 Å². The maximum absolute atomic E-state index is 12.2. The molecule has 0 spiro atoms. The number of halogens is 1. The molecule has 6 heteroatoms. The van der Waals surface area contributed by atoms with Crippen LogP contribution in [0.3, 0.4) is 0 Å². The van der Waals surface area contributed by atoms with E-state index in [1.807, 2.05) is 26.0 Å². The van der Waals surface area contributed by atoms with Crippen molar-refractivity contribution in [3.05, 3.63) is 28.2 Å². The summed E-state index contributed by atoms with van der Waals surface area (Å²) in [6, 6.07) is 5.40. The van der Waals surface area contributed by atoms with Gasteiger partial charge in [0.15, 0.2) is 0 Å². The summed E-state index contributed by atoms with van der Waals surface area (Å²) in [7, 11) is 1.66. The molecule has 0 fully saturated rings. The van der Waals surface area contributed by atoms with Crippen LogP contribution in [-0.4, -0.2) is 45.4 Å². The van der Waals surface area contributed by atoms with E-state index in [1.165, 1.54) is 0 Å². The Labute approximate surface area is 134 Å². The van der Waals surface area contributed by atoms with E-state index in [0.29, 0.717) is 31.0 Å². The summed E-state index contributed by atoms with van der Waals surface area (Å²) in [5, 5.41) is 6.04. The fraction of sp³-hybridized carbons (Fsp3) is 0.533. The van der Waals surface area contributed by atoms with E-state index in [4.69, 9.17) is 9.47 Å². The molecule has 0 heterocycles. The van der Waals surface area contributed by atoms with E-state index in [2.05, 4.69) is 26.6 Å². The normalized spacial score (nSPS) is 10.7. The number of rotatable bonds is 9. The third kappa shape index (κ3) is 6.93. The van der Waals surface area contributed by atoms with Crippen LogP contribution in [0.25, 0.3) is 0 Å². The van der Waals surface area contributed by atoms with Crippen molar-refractivity contribution in [1.29, 1.82) is 0 Å². The van der Waals surface area contributed by atoms with Crippen LogP contribution in [-0.2, 0) is 4.74 Å². The van der Waals surface area contributed by atoms with E-state index < -0.39 is 0 Å². The monoisotopic (exact) mass is 358 g/mol. The molecule has 0 aliphatic heterocycles. The second kappa shape index (κ2) is 9.76. The SMILES string of the molecule is COCCNCCNC(=O)c1ccc(Br)cc1OC(C)C. The number of amides is 1. The van der Waals surface area contributed by atoms with Crippen molar-refractivity contribution in [3.63, 3.8) is 0 Å². The lowest BCUT2D eigenvalue weighted by Gasteiger charge is -2.14. The quantitative estimate of drug-likeness (QED) is 0.664. The summed E-state index contributed by atoms with van der Waals surface area (Å²) in [5.74, 6) is 0.455. The van der Waals surface area contributed by atoms with E-state index in [1.54, 1.807) is 13.2 Å². The molecule has 0 bridgehead atoms. The number of methoxy groups -OCH3 is 1. The van der Waals surface area contributed by atoms with Crippen LogP contribution in [0.5, 0.6) is 5.75 Å². The molecular weight excluding hydrogens is 336 g/mol. The van der Waals surface area contributed by atoms with Gasteiger partial charge < -0.3 is 20.1 Å².